The van der Waals surface area contributed by atoms with Crippen molar-refractivity contribution in [3.05, 3.63) is 24.3 Å². The molecule has 0 radical (unpaired) electrons. The quantitative estimate of drug-likeness (QED) is 0.805. The normalized spacial score (nSPS) is 14.3. The smallest absolute Gasteiger partial charge is 0.228 e. The summed E-state index contributed by atoms with van der Waals surface area (Å²) in [5, 5.41) is 3.44. The number of benzene rings is 1. The van der Waals surface area contributed by atoms with Crippen LogP contribution in [0.3, 0.4) is 0 Å². The molecule has 0 saturated carbocycles. The number of hydrogen-bond acceptors (Lipinski definition) is 3. The zero-order valence-electron chi connectivity index (χ0n) is 11.4. The molecule has 1 amide bonds. The highest BCUT2D eigenvalue weighted by Crippen LogP contribution is 2.30. The summed E-state index contributed by atoms with van der Waals surface area (Å²) in [6, 6.07) is 7.72. The van der Waals surface area contributed by atoms with Gasteiger partial charge in [-0.1, -0.05) is 32.9 Å². The average molecular weight is 266 g/mol. The van der Waals surface area contributed by atoms with Crippen LogP contribution in [-0.4, -0.2) is 17.2 Å². The molecular formula is C14H22N2OS. The molecule has 0 spiro atoms. The Balaban J connectivity index is 2.81. The number of carbonyl (C=O) groups is 1. The zero-order valence-corrected chi connectivity index (χ0v) is 12.3. The van der Waals surface area contributed by atoms with E-state index in [1.165, 1.54) is 0 Å². The molecule has 0 aliphatic carbocycles. The van der Waals surface area contributed by atoms with Crippen LogP contribution >= 0.6 is 11.8 Å². The summed E-state index contributed by atoms with van der Waals surface area (Å²) in [6.45, 7) is 7.96. The molecule has 3 N–H and O–H groups in total. The van der Waals surface area contributed by atoms with Gasteiger partial charge in [-0.15, -0.1) is 11.8 Å². The predicted octanol–water partition coefficient (Wildman–Crippen LogP) is 3.11. The third kappa shape index (κ3) is 4.35. The van der Waals surface area contributed by atoms with Crippen LogP contribution in [0.1, 0.15) is 27.7 Å². The number of carbonyl (C=O) groups excluding carboxylic acids is 1. The molecular weight excluding hydrogens is 244 g/mol. The predicted molar refractivity (Wildman–Crippen MR) is 78.9 cm³/mol. The van der Waals surface area contributed by atoms with Gasteiger partial charge in [-0.25, -0.2) is 0 Å². The van der Waals surface area contributed by atoms with Crippen LogP contribution in [0.5, 0.6) is 0 Å². The van der Waals surface area contributed by atoms with Crippen LogP contribution in [0.4, 0.5) is 5.69 Å². The molecule has 0 aliphatic heterocycles. The van der Waals surface area contributed by atoms with Gasteiger partial charge < -0.3 is 11.1 Å². The zero-order chi connectivity index (χ0) is 13.7. The molecule has 0 aromatic heterocycles. The van der Waals surface area contributed by atoms with Crippen molar-refractivity contribution in [1.82, 2.24) is 0 Å². The lowest BCUT2D eigenvalue weighted by Gasteiger charge is -2.17. The molecule has 2 unspecified atom stereocenters. The van der Waals surface area contributed by atoms with Crippen molar-refractivity contribution in [2.75, 3.05) is 5.32 Å². The minimum Gasteiger partial charge on any atom is -0.327 e. The van der Waals surface area contributed by atoms with E-state index < -0.39 is 0 Å². The Morgan fingerprint density at radius 1 is 1.22 bits per heavy atom. The van der Waals surface area contributed by atoms with Crippen LogP contribution in [0.2, 0.25) is 0 Å². The van der Waals surface area contributed by atoms with Crippen LogP contribution in [-0.2, 0) is 4.79 Å². The topological polar surface area (TPSA) is 55.1 Å². The summed E-state index contributed by atoms with van der Waals surface area (Å²) >= 11 is 1.74. The van der Waals surface area contributed by atoms with Crippen LogP contribution in [0.25, 0.3) is 0 Å². The number of nitrogens with one attached hydrogen (secondary N) is 1. The molecule has 3 nitrogen and oxygen atoms in total. The first-order chi connectivity index (χ1) is 8.41. The largest absolute Gasteiger partial charge is 0.327 e. The molecule has 18 heavy (non-hydrogen) atoms. The fraction of sp³-hybridized carbons (Fsp3) is 0.500. The van der Waals surface area contributed by atoms with E-state index in [2.05, 4.69) is 19.2 Å². The van der Waals surface area contributed by atoms with E-state index in [-0.39, 0.29) is 17.9 Å². The highest BCUT2D eigenvalue weighted by molar-refractivity contribution is 8.00. The van der Waals surface area contributed by atoms with Gasteiger partial charge in [-0.05, 0) is 19.1 Å². The van der Waals surface area contributed by atoms with Gasteiger partial charge in [-0.2, -0.15) is 0 Å². The van der Waals surface area contributed by atoms with E-state index in [0.717, 1.165) is 10.6 Å². The van der Waals surface area contributed by atoms with E-state index in [9.17, 15) is 4.79 Å². The first kappa shape index (κ1) is 15.1. The molecule has 1 rings (SSSR count). The van der Waals surface area contributed by atoms with E-state index >= 15 is 0 Å². The van der Waals surface area contributed by atoms with Crippen LogP contribution in [0, 0.1) is 5.92 Å². The second-order valence-corrected chi connectivity index (χ2v) is 6.42. The van der Waals surface area contributed by atoms with E-state index in [0.29, 0.717) is 5.25 Å². The number of para-hydroxylation sites is 1. The van der Waals surface area contributed by atoms with Crippen molar-refractivity contribution < 1.29 is 4.79 Å². The van der Waals surface area contributed by atoms with Gasteiger partial charge in [0.05, 0.1) is 11.6 Å². The monoisotopic (exact) mass is 266 g/mol. The summed E-state index contributed by atoms with van der Waals surface area (Å²) < 4.78 is 0. The van der Waals surface area contributed by atoms with E-state index in [4.69, 9.17) is 5.73 Å². The van der Waals surface area contributed by atoms with Gasteiger partial charge in [0.25, 0.3) is 0 Å². The third-order valence-corrected chi connectivity index (χ3v) is 3.79. The van der Waals surface area contributed by atoms with Crippen molar-refractivity contribution in [2.24, 2.45) is 11.7 Å². The molecule has 100 valence electrons. The number of anilines is 1. The van der Waals surface area contributed by atoms with Gasteiger partial charge in [0.1, 0.15) is 0 Å². The number of rotatable bonds is 5. The fourth-order valence-corrected chi connectivity index (χ4v) is 2.32. The van der Waals surface area contributed by atoms with Gasteiger partial charge in [0.2, 0.25) is 5.91 Å². The maximum absolute atomic E-state index is 12.0. The van der Waals surface area contributed by atoms with Gasteiger partial charge in [0, 0.05) is 16.2 Å². The van der Waals surface area contributed by atoms with Crippen LogP contribution in [0.15, 0.2) is 29.2 Å². The summed E-state index contributed by atoms with van der Waals surface area (Å²) in [5.41, 5.74) is 6.61. The lowest BCUT2D eigenvalue weighted by atomic mass is 10.0. The van der Waals surface area contributed by atoms with Crippen molar-refractivity contribution in [3.8, 4) is 0 Å². The lowest BCUT2D eigenvalue weighted by molar-refractivity contribution is -0.119. The van der Waals surface area contributed by atoms with Crippen LogP contribution < -0.4 is 11.1 Å². The number of hydrogen-bond donors (Lipinski definition) is 2. The first-order valence-corrected chi connectivity index (χ1v) is 7.12. The second-order valence-electron chi connectivity index (χ2n) is 4.80. The maximum atomic E-state index is 12.0. The molecule has 1 aromatic rings. The standard InChI is InChI=1S/C14H22N2OS/c1-9(2)18-13-8-6-5-7-12(13)16-14(17)10(3)11(4)15/h5-11H,15H2,1-4H3,(H,16,17). The Labute approximate surface area is 114 Å². The summed E-state index contributed by atoms with van der Waals surface area (Å²) in [5.74, 6) is -0.219. The number of amides is 1. The third-order valence-electron chi connectivity index (χ3n) is 2.71. The van der Waals surface area contributed by atoms with Gasteiger partial charge in [0.15, 0.2) is 0 Å². The number of nitrogens with two attached hydrogens (primary N) is 1. The average Bonchev–Trinajstić information content (AvgIpc) is 2.29. The molecule has 2 atom stereocenters. The molecule has 0 heterocycles. The first-order valence-electron chi connectivity index (χ1n) is 6.24. The lowest BCUT2D eigenvalue weighted by Crippen LogP contribution is -2.34. The van der Waals surface area contributed by atoms with E-state index in [1.807, 2.05) is 38.1 Å². The Morgan fingerprint density at radius 2 is 1.83 bits per heavy atom. The highest BCUT2D eigenvalue weighted by atomic mass is 32.2. The Kier molecular flexibility index (Phi) is 5.69. The molecule has 0 fully saturated rings. The molecule has 0 saturated heterocycles. The summed E-state index contributed by atoms with van der Waals surface area (Å²) in [4.78, 5) is 13.1. The van der Waals surface area contributed by atoms with Crippen molar-refractivity contribution in [3.63, 3.8) is 0 Å². The SMILES string of the molecule is CC(C)Sc1ccccc1NC(=O)C(C)C(C)N. The van der Waals surface area contributed by atoms with Crippen molar-refractivity contribution in [2.45, 2.75) is 43.9 Å². The minimum absolute atomic E-state index is 0.0261. The number of thioether (sulfide) groups is 1. The van der Waals surface area contributed by atoms with Gasteiger partial charge in [-0.3, -0.25) is 4.79 Å². The summed E-state index contributed by atoms with van der Waals surface area (Å²) in [6.07, 6.45) is 0. The fourth-order valence-electron chi connectivity index (χ4n) is 1.41. The summed E-state index contributed by atoms with van der Waals surface area (Å²) in [7, 11) is 0. The second kappa shape index (κ2) is 6.81. The van der Waals surface area contributed by atoms with Crippen molar-refractivity contribution >= 4 is 23.4 Å². The Hall–Kier alpha value is -1.00. The molecule has 0 bridgehead atoms. The van der Waals surface area contributed by atoms with E-state index in [1.54, 1.807) is 11.8 Å². The van der Waals surface area contributed by atoms with Crippen molar-refractivity contribution in [1.29, 1.82) is 0 Å². The maximum Gasteiger partial charge on any atom is 0.228 e. The molecule has 0 aliphatic rings. The molecule has 1 aromatic carbocycles. The molecule has 4 heteroatoms. The Bertz CT molecular complexity index is 405. The Morgan fingerprint density at radius 3 is 2.39 bits per heavy atom. The minimum atomic E-state index is -0.192. The van der Waals surface area contributed by atoms with Gasteiger partial charge >= 0.3 is 0 Å². The highest BCUT2D eigenvalue weighted by Gasteiger charge is 2.18.